The summed E-state index contributed by atoms with van der Waals surface area (Å²) in [5.74, 6) is 0. The number of morpholine rings is 1. The highest BCUT2D eigenvalue weighted by molar-refractivity contribution is 4.92. The molecule has 1 saturated heterocycles. The van der Waals surface area contributed by atoms with Crippen molar-refractivity contribution in [2.24, 2.45) is 0 Å². The van der Waals surface area contributed by atoms with Crippen LogP contribution in [0.4, 0.5) is 0 Å². The van der Waals surface area contributed by atoms with Gasteiger partial charge in [0.05, 0.1) is 18.8 Å². The molecule has 2 unspecified atom stereocenters. The Balaban J connectivity index is 2.31. The molecular formula is C12H23N3O. The van der Waals surface area contributed by atoms with Crippen molar-refractivity contribution in [3.8, 4) is 6.07 Å². The quantitative estimate of drug-likeness (QED) is 0.732. The summed E-state index contributed by atoms with van der Waals surface area (Å²) in [6, 6.07) is 2.28. The Morgan fingerprint density at radius 2 is 2.38 bits per heavy atom. The van der Waals surface area contributed by atoms with Crippen LogP contribution in [-0.4, -0.2) is 49.8 Å². The molecule has 1 rings (SSSR count). The summed E-state index contributed by atoms with van der Waals surface area (Å²) >= 11 is 0. The van der Waals surface area contributed by atoms with Gasteiger partial charge in [-0.1, -0.05) is 13.8 Å². The van der Waals surface area contributed by atoms with Crippen molar-refractivity contribution in [2.45, 2.75) is 38.8 Å². The summed E-state index contributed by atoms with van der Waals surface area (Å²) < 4.78 is 5.61. The number of nitrogens with one attached hydrogen (secondary N) is 1. The average molecular weight is 225 g/mol. The van der Waals surface area contributed by atoms with Gasteiger partial charge >= 0.3 is 0 Å². The van der Waals surface area contributed by atoms with Gasteiger partial charge in [-0.3, -0.25) is 4.90 Å². The van der Waals surface area contributed by atoms with Gasteiger partial charge in [0.15, 0.2) is 0 Å². The molecule has 0 aliphatic carbocycles. The summed E-state index contributed by atoms with van der Waals surface area (Å²) in [5.41, 5.74) is 0. The van der Waals surface area contributed by atoms with Gasteiger partial charge in [0.1, 0.15) is 6.04 Å². The van der Waals surface area contributed by atoms with Gasteiger partial charge in [-0.05, 0) is 19.4 Å². The SMILES string of the molecule is CCCNC(C#N)CN1CCOC(CC)C1. The van der Waals surface area contributed by atoms with Crippen molar-refractivity contribution in [3.63, 3.8) is 0 Å². The fourth-order valence-electron chi connectivity index (χ4n) is 1.92. The Hall–Kier alpha value is -0.630. The van der Waals surface area contributed by atoms with E-state index in [-0.39, 0.29) is 6.04 Å². The van der Waals surface area contributed by atoms with Crippen LogP contribution in [0.15, 0.2) is 0 Å². The average Bonchev–Trinajstić information content (AvgIpc) is 2.34. The highest BCUT2D eigenvalue weighted by Gasteiger charge is 2.21. The summed E-state index contributed by atoms with van der Waals surface area (Å²) in [6.07, 6.45) is 2.47. The van der Waals surface area contributed by atoms with Crippen molar-refractivity contribution < 1.29 is 4.74 Å². The van der Waals surface area contributed by atoms with Crippen LogP contribution in [-0.2, 0) is 4.74 Å². The second-order valence-corrected chi connectivity index (χ2v) is 4.30. The van der Waals surface area contributed by atoms with Crippen molar-refractivity contribution in [1.82, 2.24) is 10.2 Å². The Morgan fingerprint density at radius 3 is 3.00 bits per heavy atom. The third-order valence-electron chi connectivity index (χ3n) is 2.92. The van der Waals surface area contributed by atoms with Gasteiger partial charge in [-0.15, -0.1) is 0 Å². The van der Waals surface area contributed by atoms with Crippen molar-refractivity contribution in [1.29, 1.82) is 5.26 Å². The maximum atomic E-state index is 9.04. The van der Waals surface area contributed by atoms with E-state index in [2.05, 4.69) is 30.1 Å². The van der Waals surface area contributed by atoms with Gasteiger partial charge < -0.3 is 10.1 Å². The molecule has 0 saturated carbocycles. The topological polar surface area (TPSA) is 48.3 Å². The van der Waals surface area contributed by atoms with Crippen molar-refractivity contribution in [3.05, 3.63) is 0 Å². The Kier molecular flexibility index (Phi) is 6.39. The van der Waals surface area contributed by atoms with Gasteiger partial charge in [0.25, 0.3) is 0 Å². The van der Waals surface area contributed by atoms with Gasteiger partial charge in [0, 0.05) is 19.6 Å². The molecule has 1 aliphatic heterocycles. The molecule has 16 heavy (non-hydrogen) atoms. The molecule has 0 spiro atoms. The molecule has 4 heteroatoms. The van der Waals surface area contributed by atoms with Crippen molar-refractivity contribution in [2.75, 3.05) is 32.8 Å². The van der Waals surface area contributed by atoms with Crippen molar-refractivity contribution >= 4 is 0 Å². The standard InChI is InChI=1S/C12H23N3O/c1-3-5-14-11(8-13)9-15-6-7-16-12(4-2)10-15/h11-12,14H,3-7,9-10H2,1-2H3. The third kappa shape index (κ3) is 4.48. The minimum atomic E-state index is -0.0458. The first kappa shape index (κ1) is 13.4. The minimum Gasteiger partial charge on any atom is -0.376 e. The Morgan fingerprint density at radius 1 is 1.56 bits per heavy atom. The van der Waals surface area contributed by atoms with E-state index in [1.54, 1.807) is 0 Å². The lowest BCUT2D eigenvalue weighted by atomic mass is 10.2. The van der Waals surface area contributed by atoms with E-state index in [1.807, 2.05) is 0 Å². The number of hydrogen-bond donors (Lipinski definition) is 1. The summed E-state index contributed by atoms with van der Waals surface area (Å²) in [4.78, 5) is 2.33. The van der Waals surface area contributed by atoms with E-state index in [1.165, 1.54) is 0 Å². The zero-order valence-corrected chi connectivity index (χ0v) is 10.4. The van der Waals surface area contributed by atoms with Crippen LogP contribution in [0.1, 0.15) is 26.7 Å². The molecule has 92 valence electrons. The molecule has 0 aromatic carbocycles. The zero-order valence-electron chi connectivity index (χ0n) is 10.4. The number of hydrogen-bond acceptors (Lipinski definition) is 4. The lowest BCUT2D eigenvalue weighted by Crippen LogP contribution is -2.48. The van der Waals surface area contributed by atoms with Crippen LogP contribution in [0.5, 0.6) is 0 Å². The summed E-state index contributed by atoms with van der Waals surface area (Å²) in [5, 5.41) is 12.3. The Labute approximate surface area is 98.6 Å². The first-order valence-corrected chi connectivity index (χ1v) is 6.27. The third-order valence-corrected chi connectivity index (χ3v) is 2.92. The van der Waals surface area contributed by atoms with Gasteiger partial charge in [0.2, 0.25) is 0 Å². The highest BCUT2D eigenvalue weighted by atomic mass is 16.5. The Bertz CT molecular complexity index is 227. The first-order chi connectivity index (χ1) is 7.80. The summed E-state index contributed by atoms with van der Waals surface area (Å²) in [7, 11) is 0. The zero-order chi connectivity index (χ0) is 11.8. The molecule has 0 aromatic rings. The highest BCUT2D eigenvalue weighted by Crippen LogP contribution is 2.08. The lowest BCUT2D eigenvalue weighted by molar-refractivity contribution is -0.0306. The monoisotopic (exact) mass is 225 g/mol. The van der Waals surface area contributed by atoms with E-state index >= 15 is 0 Å². The molecule has 0 amide bonds. The molecule has 1 fully saturated rings. The minimum absolute atomic E-state index is 0.0458. The maximum absolute atomic E-state index is 9.04. The van der Waals surface area contributed by atoms with Crippen LogP contribution in [0.2, 0.25) is 0 Å². The molecule has 1 N–H and O–H groups in total. The molecule has 1 aliphatic rings. The van der Waals surface area contributed by atoms with Crippen LogP contribution in [0, 0.1) is 11.3 Å². The normalized spacial score (nSPS) is 23.9. The number of rotatable bonds is 6. The van der Waals surface area contributed by atoms with E-state index < -0.39 is 0 Å². The molecule has 0 radical (unpaired) electrons. The largest absolute Gasteiger partial charge is 0.376 e. The lowest BCUT2D eigenvalue weighted by Gasteiger charge is -2.33. The van der Waals surface area contributed by atoms with Gasteiger partial charge in [-0.2, -0.15) is 5.26 Å². The molecule has 2 atom stereocenters. The predicted octanol–water partition coefficient (Wildman–Crippen LogP) is 0.989. The fourth-order valence-corrected chi connectivity index (χ4v) is 1.92. The molecule has 0 aromatic heterocycles. The fraction of sp³-hybridized carbons (Fsp3) is 0.917. The second-order valence-electron chi connectivity index (χ2n) is 4.30. The predicted molar refractivity (Wildman–Crippen MR) is 64.2 cm³/mol. The molecule has 0 bridgehead atoms. The van der Waals surface area contributed by atoms with Crippen LogP contribution < -0.4 is 5.32 Å². The number of ether oxygens (including phenoxy) is 1. The van der Waals surface area contributed by atoms with E-state index in [0.29, 0.717) is 6.10 Å². The smallest absolute Gasteiger partial charge is 0.108 e. The summed E-state index contributed by atoms with van der Waals surface area (Å²) in [6.45, 7) is 8.69. The number of nitriles is 1. The first-order valence-electron chi connectivity index (χ1n) is 6.27. The van der Waals surface area contributed by atoms with Crippen LogP contribution >= 0.6 is 0 Å². The van der Waals surface area contributed by atoms with E-state index in [4.69, 9.17) is 10.00 Å². The molecule has 1 heterocycles. The van der Waals surface area contributed by atoms with Crippen LogP contribution in [0.25, 0.3) is 0 Å². The van der Waals surface area contributed by atoms with E-state index in [9.17, 15) is 0 Å². The number of nitrogens with zero attached hydrogens (tertiary/aromatic N) is 2. The molecular weight excluding hydrogens is 202 g/mol. The van der Waals surface area contributed by atoms with Crippen LogP contribution in [0.3, 0.4) is 0 Å². The second kappa shape index (κ2) is 7.61. The van der Waals surface area contributed by atoms with Gasteiger partial charge in [-0.25, -0.2) is 0 Å². The maximum Gasteiger partial charge on any atom is 0.108 e. The van der Waals surface area contributed by atoms with E-state index in [0.717, 1.165) is 45.6 Å². The molecule has 4 nitrogen and oxygen atoms in total.